The second-order valence-electron chi connectivity index (χ2n) is 9.20. The van der Waals surface area contributed by atoms with Gasteiger partial charge in [-0.25, -0.2) is 9.59 Å². The van der Waals surface area contributed by atoms with Gasteiger partial charge in [0.25, 0.3) is 0 Å². The summed E-state index contributed by atoms with van der Waals surface area (Å²) in [6, 6.07) is 14.1. The number of rotatable bonds is 8. The fourth-order valence-corrected chi connectivity index (χ4v) is 3.85. The average Bonchev–Trinajstić information content (AvgIpc) is 3.12. The molecule has 1 aliphatic carbocycles. The molecule has 2 aromatic carbocycles. The Kier molecular flexibility index (Phi) is 7.94. The summed E-state index contributed by atoms with van der Waals surface area (Å²) in [4.78, 5) is 37.1. The number of alkyl carbamates (subject to hydrolysis) is 1. The van der Waals surface area contributed by atoms with Crippen LogP contribution in [-0.2, 0) is 23.8 Å². The molecular formula is C26H32N2O6. The van der Waals surface area contributed by atoms with Crippen molar-refractivity contribution in [3.8, 4) is 11.1 Å². The molecule has 2 amide bonds. The highest BCUT2D eigenvalue weighted by Crippen LogP contribution is 2.44. The van der Waals surface area contributed by atoms with Gasteiger partial charge in [0.2, 0.25) is 5.91 Å². The maximum atomic E-state index is 12.7. The first-order valence-electron chi connectivity index (χ1n) is 11.2. The Morgan fingerprint density at radius 2 is 1.50 bits per heavy atom. The number of carbonyl (C=O) groups is 3. The van der Waals surface area contributed by atoms with Crippen LogP contribution in [0.4, 0.5) is 4.79 Å². The lowest BCUT2D eigenvalue weighted by Gasteiger charge is -2.25. The standard InChI is InChI=1S/C26H32N2O6/c1-16(24(30)32-5)27-23(29)22(15-34-26(2,3)4)28-25(31)33-14-21-19-12-8-6-10-17(19)18-11-7-9-13-20(18)21/h6-13,16,21-22H,14-15H2,1-5H3,(H,27,29)(H,28,31)/t16-,22+/m0/s1. The zero-order valence-corrected chi connectivity index (χ0v) is 20.2. The van der Waals surface area contributed by atoms with Crippen LogP contribution >= 0.6 is 0 Å². The van der Waals surface area contributed by atoms with Crippen LogP contribution in [0.15, 0.2) is 48.5 Å². The topological polar surface area (TPSA) is 103 Å². The Morgan fingerprint density at radius 1 is 0.941 bits per heavy atom. The minimum absolute atomic E-state index is 0.0899. The van der Waals surface area contributed by atoms with Crippen molar-refractivity contribution in [2.45, 2.75) is 51.3 Å². The van der Waals surface area contributed by atoms with E-state index in [-0.39, 0.29) is 19.1 Å². The molecule has 2 N–H and O–H groups in total. The number of methoxy groups -OCH3 is 1. The molecule has 0 saturated carbocycles. The summed E-state index contributed by atoms with van der Waals surface area (Å²) >= 11 is 0. The molecule has 0 spiro atoms. The van der Waals surface area contributed by atoms with Gasteiger partial charge in [0, 0.05) is 5.92 Å². The summed E-state index contributed by atoms with van der Waals surface area (Å²) in [5.74, 6) is -1.27. The van der Waals surface area contributed by atoms with E-state index >= 15 is 0 Å². The number of amides is 2. The van der Waals surface area contributed by atoms with Crippen molar-refractivity contribution in [2.75, 3.05) is 20.3 Å². The Morgan fingerprint density at radius 3 is 2.03 bits per heavy atom. The maximum Gasteiger partial charge on any atom is 0.407 e. The molecule has 0 heterocycles. The minimum Gasteiger partial charge on any atom is -0.467 e. The van der Waals surface area contributed by atoms with Crippen molar-refractivity contribution in [3.05, 3.63) is 59.7 Å². The number of ether oxygens (including phenoxy) is 3. The maximum absolute atomic E-state index is 12.7. The smallest absolute Gasteiger partial charge is 0.407 e. The molecule has 0 bridgehead atoms. The predicted octanol–water partition coefficient (Wildman–Crippen LogP) is 3.39. The molecule has 0 aliphatic heterocycles. The summed E-state index contributed by atoms with van der Waals surface area (Å²) < 4.78 is 15.9. The van der Waals surface area contributed by atoms with Crippen LogP contribution in [0.3, 0.4) is 0 Å². The van der Waals surface area contributed by atoms with Crippen molar-refractivity contribution in [3.63, 3.8) is 0 Å². The fourth-order valence-electron chi connectivity index (χ4n) is 3.85. The summed E-state index contributed by atoms with van der Waals surface area (Å²) in [6.07, 6.45) is -0.745. The van der Waals surface area contributed by atoms with Crippen molar-refractivity contribution >= 4 is 18.0 Å². The summed E-state index contributed by atoms with van der Waals surface area (Å²) in [7, 11) is 1.24. The van der Waals surface area contributed by atoms with Crippen molar-refractivity contribution < 1.29 is 28.6 Å². The van der Waals surface area contributed by atoms with Gasteiger partial charge < -0.3 is 24.8 Å². The monoisotopic (exact) mass is 468 g/mol. The van der Waals surface area contributed by atoms with E-state index in [4.69, 9.17) is 9.47 Å². The Labute approximate surface area is 200 Å². The molecule has 0 unspecified atom stereocenters. The second-order valence-corrected chi connectivity index (χ2v) is 9.20. The van der Waals surface area contributed by atoms with E-state index in [2.05, 4.69) is 27.5 Å². The molecule has 2 aromatic rings. The normalized spacial score (nSPS) is 14.4. The molecule has 182 valence electrons. The molecule has 1 aliphatic rings. The Balaban J connectivity index is 1.67. The van der Waals surface area contributed by atoms with Crippen LogP contribution in [0.25, 0.3) is 11.1 Å². The van der Waals surface area contributed by atoms with E-state index < -0.39 is 35.7 Å². The van der Waals surface area contributed by atoms with Crippen LogP contribution in [0, 0.1) is 0 Å². The molecule has 0 aromatic heterocycles. The third-order valence-electron chi connectivity index (χ3n) is 5.55. The lowest BCUT2D eigenvalue weighted by Crippen LogP contribution is -2.53. The van der Waals surface area contributed by atoms with Crippen LogP contribution in [0.5, 0.6) is 0 Å². The van der Waals surface area contributed by atoms with Crippen LogP contribution < -0.4 is 10.6 Å². The van der Waals surface area contributed by atoms with Crippen molar-refractivity contribution in [1.82, 2.24) is 10.6 Å². The number of hydrogen-bond acceptors (Lipinski definition) is 6. The molecule has 3 rings (SSSR count). The number of nitrogens with one attached hydrogen (secondary N) is 2. The molecule has 0 fully saturated rings. The van der Waals surface area contributed by atoms with E-state index in [1.807, 2.05) is 57.2 Å². The van der Waals surface area contributed by atoms with Crippen LogP contribution in [0.1, 0.15) is 44.7 Å². The lowest BCUT2D eigenvalue weighted by atomic mass is 9.98. The van der Waals surface area contributed by atoms with Gasteiger partial charge in [-0.05, 0) is 49.9 Å². The number of hydrogen-bond donors (Lipinski definition) is 2. The van der Waals surface area contributed by atoms with Gasteiger partial charge in [-0.3, -0.25) is 4.79 Å². The van der Waals surface area contributed by atoms with E-state index in [9.17, 15) is 14.4 Å². The average molecular weight is 469 g/mol. The zero-order chi connectivity index (χ0) is 24.9. The van der Waals surface area contributed by atoms with E-state index in [0.717, 1.165) is 22.3 Å². The first-order valence-corrected chi connectivity index (χ1v) is 11.2. The first-order chi connectivity index (χ1) is 16.1. The zero-order valence-electron chi connectivity index (χ0n) is 20.2. The molecule has 0 radical (unpaired) electrons. The van der Waals surface area contributed by atoms with E-state index in [1.54, 1.807) is 0 Å². The van der Waals surface area contributed by atoms with Gasteiger partial charge in [-0.2, -0.15) is 0 Å². The van der Waals surface area contributed by atoms with Gasteiger partial charge in [-0.1, -0.05) is 48.5 Å². The predicted molar refractivity (Wildman–Crippen MR) is 127 cm³/mol. The highest BCUT2D eigenvalue weighted by molar-refractivity contribution is 5.89. The van der Waals surface area contributed by atoms with Gasteiger partial charge in [0.1, 0.15) is 18.7 Å². The first kappa shape index (κ1) is 25.2. The molecule has 0 saturated heterocycles. The van der Waals surface area contributed by atoms with Gasteiger partial charge in [0.15, 0.2) is 0 Å². The van der Waals surface area contributed by atoms with Gasteiger partial charge in [0.05, 0.1) is 19.3 Å². The van der Waals surface area contributed by atoms with Crippen molar-refractivity contribution in [2.24, 2.45) is 0 Å². The third-order valence-corrected chi connectivity index (χ3v) is 5.55. The quantitative estimate of drug-likeness (QED) is 0.576. The molecule has 8 heteroatoms. The van der Waals surface area contributed by atoms with Crippen LogP contribution in [-0.4, -0.2) is 56.0 Å². The number of fused-ring (bicyclic) bond motifs is 3. The number of esters is 1. The highest BCUT2D eigenvalue weighted by Gasteiger charge is 2.31. The molecule has 34 heavy (non-hydrogen) atoms. The minimum atomic E-state index is -1.05. The second kappa shape index (κ2) is 10.7. The Hall–Kier alpha value is -3.39. The van der Waals surface area contributed by atoms with Crippen LogP contribution in [0.2, 0.25) is 0 Å². The molecular weight excluding hydrogens is 436 g/mol. The van der Waals surface area contributed by atoms with Crippen molar-refractivity contribution in [1.29, 1.82) is 0 Å². The summed E-state index contributed by atoms with van der Waals surface area (Å²) in [5, 5.41) is 5.11. The lowest BCUT2D eigenvalue weighted by molar-refractivity contribution is -0.145. The summed E-state index contributed by atoms with van der Waals surface area (Å²) in [5.41, 5.74) is 3.90. The fraction of sp³-hybridized carbons (Fsp3) is 0.423. The van der Waals surface area contributed by atoms with E-state index in [1.165, 1.54) is 14.0 Å². The Bertz CT molecular complexity index is 1000. The summed E-state index contributed by atoms with van der Waals surface area (Å²) in [6.45, 7) is 7.05. The van der Waals surface area contributed by atoms with Gasteiger partial charge in [-0.15, -0.1) is 0 Å². The number of benzene rings is 2. The highest BCUT2D eigenvalue weighted by atomic mass is 16.6. The molecule has 2 atom stereocenters. The number of carbonyl (C=O) groups excluding carboxylic acids is 3. The third kappa shape index (κ3) is 6.14. The largest absolute Gasteiger partial charge is 0.467 e. The van der Waals surface area contributed by atoms with E-state index in [0.29, 0.717) is 0 Å². The molecule has 8 nitrogen and oxygen atoms in total. The van der Waals surface area contributed by atoms with Gasteiger partial charge >= 0.3 is 12.1 Å². The SMILES string of the molecule is COC(=O)[C@H](C)NC(=O)[C@@H](COC(C)(C)C)NC(=O)OCC1c2ccccc2-c2ccccc21.